The van der Waals surface area contributed by atoms with Crippen LogP contribution in [-0.2, 0) is 6.42 Å². The van der Waals surface area contributed by atoms with Gasteiger partial charge in [-0.05, 0) is 31.0 Å². The minimum absolute atomic E-state index is 0.199. The summed E-state index contributed by atoms with van der Waals surface area (Å²) in [5, 5.41) is 3.38. The summed E-state index contributed by atoms with van der Waals surface area (Å²) in [5.41, 5.74) is 2.43. The Balaban J connectivity index is 1.92. The molecule has 0 fully saturated rings. The highest BCUT2D eigenvalue weighted by Crippen LogP contribution is 2.10. The van der Waals surface area contributed by atoms with Gasteiger partial charge in [-0.3, -0.25) is 0 Å². The Hall–Kier alpha value is -1.76. The molecule has 0 aromatic heterocycles. The zero-order valence-electron chi connectivity index (χ0n) is 9.27. The Morgan fingerprint density at radius 1 is 0.875 bits per heavy atom. The third kappa shape index (κ3) is 3.13. The van der Waals surface area contributed by atoms with Gasteiger partial charge in [-0.1, -0.05) is 48.5 Å². The van der Waals surface area contributed by atoms with Crippen molar-refractivity contribution in [1.82, 2.24) is 0 Å². The zero-order chi connectivity index (χ0) is 11.2. The first-order valence-electron chi connectivity index (χ1n) is 5.53. The van der Waals surface area contributed by atoms with Crippen LogP contribution in [0.3, 0.4) is 0 Å². The summed E-state index contributed by atoms with van der Waals surface area (Å²) >= 11 is 0. The lowest BCUT2D eigenvalue weighted by molar-refractivity contribution is 0.861. The van der Waals surface area contributed by atoms with Crippen molar-refractivity contribution in [2.45, 2.75) is 12.5 Å². The monoisotopic (exact) mass is 210 g/mol. The molecule has 0 aliphatic rings. The third-order valence-corrected chi connectivity index (χ3v) is 2.47. The molecule has 1 nitrogen and oxygen atoms in total. The zero-order valence-corrected chi connectivity index (χ0v) is 9.27. The fraction of sp³-hybridized carbons (Fsp3) is 0.133. The molecule has 0 aliphatic heterocycles. The number of para-hydroxylation sites is 1. The maximum atomic E-state index is 4.12. The molecule has 2 rings (SSSR count). The van der Waals surface area contributed by atoms with Gasteiger partial charge in [-0.15, -0.1) is 0 Å². The van der Waals surface area contributed by atoms with E-state index in [2.05, 4.69) is 48.6 Å². The smallest absolute Gasteiger partial charge is 0.0342 e. The Morgan fingerprint density at radius 3 is 2.06 bits per heavy atom. The van der Waals surface area contributed by atoms with Crippen molar-refractivity contribution in [2.75, 3.05) is 5.32 Å². The average molecular weight is 210 g/mol. The van der Waals surface area contributed by atoms with Crippen LogP contribution in [0.2, 0.25) is 0 Å². The SMILES string of the molecule is [CH2]C(Cc1ccccc1)Nc1ccccc1. The van der Waals surface area contributed by atoms with Gasteiger partial charge in [0.1, 0.15) is 0 Å². The molecule has 16 heavy (non-hydrogen) atoms. The quantitative estimate of drug-likeness (QED) is 0.813. The summed E-state index contributed by atoms with van der Waals surface area (Å²) in [5.74, 6) is 0. The minimum Gasteiger partial charge on any atom is -0.382 e. The Labute approximate surface area is 97.1 Å². The summed E-state index contributed by atoms with van der Waals surface area (Å²) in [6.45, 7) is 4.12. The van der Waals surface area contributed by atoms with Crippen LogP contribution in [0, 0.1) is 6.92 Å². The first-order chi connectivity index (χ1) is 7.84. The fourth-order valence-corrected chi connectivity index (χ4v) is 1.72. The molecule has 1 N–H and O–H groups in total. The van der Waals surface area contributed by atoms with Crippen molar-refractivity contribution < 1.29 is 0 Å². The van der Waals surface area contributed by atoms with E-state index in [1.165, 1.54) is 5.56 Å². The van der Waals surface area contributed by atoms with Gasteiger partial charge in [0.25, 0.3) is 0 Å². The normalized spacial score (nSPS) is 12.1. The van der Waals surface area contributed by atoms with Crippen molar-refractivity contribution in [1.29, 1.82) is 0 Å². The molecule has 0 saturated heterocycles. The predicted octanol–water partition coefficient (Wildman–Crippen LogP) is 3.54. The molecule has 2 aromatic carbocycles. The molecule has 0 saturated carbocycles. The maximum absolute atomic E-state index is 4.12. The average Bonchev–Trinajstić information content (AvgIpc) is 2.31. The summed E-state index contributed by atoms with van der Waals surface area (Å²) in [6.07, 6.45) is 0.940. The summed E-state index contributed by atoms with van der Waals surface area (Å²) in [6, 6.07) is 20.8. The maximum Gasteiger partial charge on any atom is 0.0342 e. The summed E-state index contributed by atoms with van der Waals surface area (Å²) in [7, 11) is 0. The minimum atomic E-state index is 0.199. The van der Waals surface area contributed by atoms with Gasteiger partial charge < -0.3 is 5.32 Å². The highest BCUT2D eigenvalue weighted by Gasteiger charge is 2.02. The molecule has 0 spiro atoms. The summed E-state index contributed by atoms with van der Waals surface area (Å²) in [4.78, 5) is 0. The molecule has 1 atom stereocenters. The van der Waals surface area contributed by atoms with Crippen molar-refractivity contribution in [3.8, 4) is 0 Å². The lowest BCUT2D eigenvalue weighted by Gasteiger charge is -2.14. The number of nitrogens with one attached hydrogen (secondary N) is 1. The first-order valence-corrected chi connectivity index (χ1v) is 5.53. The molecule has 0 bridgehead atoms. The van der Waals surface area contributed by atoms with Crippen LogP contribution < -0.4 is 5.32 Å². The van der Waals surface area contributed by atoms with Crippen molar-refractivity contribution in [2.24, 2.45) is 0 Å². The second-order valence-electron chi connectivity index (χ2n) is 3.90. The Bertz CT molecular complexity index is 366. The van der Waals surface area contributed by atoms with E-state index in [0.717, 1.165) is 12.1 Å². The van der Waals surface area contributed by atoms with Gasteiger partial charge in [-0.25, -0.2) is 0 Å². The topological polar surface area (TPSA) is 12.0 Å². The van der Waals surface area contributed by atoms with E-state index < -0.39 is 0 Å². The molecule has 1 radical (unpaired) electrons. The highest BCUT2D eigenvalue weighted by molar-refractivity contribution is 5.44. The molecule has 0 amide bonds. The highest BCUT2D eigenvalue weighted by atomic mass is 14.9. The standard InChI is InChI=1S/C15H16N/c1-13(12-14-8-4-2-5-9-14)16-15-10-6-3-7-11-15/h2-11,13,16H,1,12H2. The second kappa shape index (κ2) is 5.36. The van der Waals surface area contributed by atoms with Crippen LogP contribution in [0.4, 0.5) is 5.69 Å². The number of anilines is 1. The van der Waals surface area contributed by atoms with Gasteiger partial charge >= 0.3 is 0 Å². The third-order valence-electron chi connectivity index (χ3n) is 2.47. The molecule has 1 heteroatoms. The van der Waals surface area contributed by atoms with Gasteiger partial charge in [0, 0.05) is 11.7 Å². The lowest BCUT2D eigenvalue weighted by atomic mass is 10.1. The van der Waals surface area contributed by atoms with E-state index in [-0.39, 0.29) is 6.04 Å². The van der Waals surface area contributed by atoms with Gasteiger partial charge in [0.05, 0.1) is 0 Å². The Morgan fingerprint density at radius 2 is 1.44 bits per heavy atom. The van der Waals surface area contributed by atoms with E-state index >= 15 is 0 Å². The van der Waals surface area contributed by atoms with E-state index in [1.807, 2.05) is 24.3 Å². The van der Waals surface area contributed by atoms with E-state index in [1.54, 1.807) is 0 Å². The fourth-order valence-electron chi connectivity index (χ4n) is 1.72. The van der Waals surface area contributed by atoms with Crippen LogP contribution in [0.1, 0.15) is 5.56 Å². The molecular formula is C15H16N. The largest absolute Gasteiger partial charge is 0.382 e. The molecule has 81 valence electrons. The molecule has 2 aromatic rings. The van der Waals surface area contributed by atoms with Crippen LogP contribution in [-0.4, -0.2) is 6.04 Å². The molecular weight excluding hydrogens is 194 g/mol. The van der Waals surface area contributed by atoms with Crippen LogP contribution in [0.5, 0.6) is 0 Å². The Kier molecular flexibility index (Phi) is 3.60. The van der Waals surface area contributed by atoms with Crippen LogP contribution >= 0.6 is 0 Å². The van der Waals surface area contributed by atoms with Gasteiger partial charge in [-0.2, -0.15) is 0 Å². The molecule has 1 unspecified atom stereocenters. The van der Waals surface area contributed by atoms with Crippen LogP contribution in [0.25, 0.3) is 0 Å². The molecule has 0 heterocycles. The lowest BCUT2D eigenvalue weighted by Crippen LogP contribution is -2.18. The first kappa shape index (κ1) is 10.7. The van der Waals surface area contributed by atoms with Gasteiger partial charge in [0.2, 0.25) is 0 Å². The number of rotatable bonds is 4. The van der Waals surface area contributed by atoms with Crippen molar-refractivity contribution in [3.05, 3.63) is 73.2 Å². The second-order valence-corrected chi connectivity index (χ2v) is 3.90. The predicted molar refractivity (Wildman–Crippen MR) is 69.4 cm³/mol. The van der Waals surface area contributed by atoms with E-state index in [9.17, 15) is 0 Å². The number of hydrogen-bond acceptors (Lipinski definition) is 1. The number of benzene rings is 2. The summed E-state index contributed by atoms with van der Waals surface area (Å²) < 4.78 is 0. The van der Waals surface area contributed by atoms with E-state index in [0.29, 0.717) is 0 Å². The number of hydrogen-bond donors (Lipinski definition) is 1. The van der Waals surface area contributed by atoms with Crippen molar-refractivity contribution >= 4 is 5.69 Å². The van der Waals surface area contributed by atoms with E-state index in [4.69, 9.17) is 0 Å². The molecule has 0 aliphatic carbocycles. The van der Waals surface area contributed by atoms with Gasteiger partial charge in [0.15, 0.2) is 0 Å². The van der Waals surface area contributed by atoms with Crippen molar-refractivity contribution in [3.63, 3.8) is 0 Å². The van der Waals surface area contributed by atoms with Crippen LogP contribution in [0.15, 0.2) is 60.7 Å².